The van der Waals surface area contributed by atoms with Crippen molar-refractivity contribution in [3.8, 4) is 0 Å². The zero-order valence-electron chi connectivity index (χ0n) is 11.6. The van der Waals surface area contributed by atoms with E-state index in [2.05, 4.69) is 0 Å². The van der Waals surface area contributed by atoms with Gasteiger partial charge in [-0.2, -0.15) is 26.3 Å². The van der Waals surface area contributed by atoms with E-state index in [0.717, 1.165) is 4.90 Å². The fourth-order valence-corrected chi connectivity index (χ4v) is 2.63. The van der Waals surface area contributed by atoms with Crippen LogP contribution in [0, 0.1) is 0 Å². The molecule has 1 unspecified atom stereocenters. The molecule has 0 aliphatic carbocycles. The summed E-state index contributed by atoms with van der Waals surface area (Å²) in [6.07, 6.45) is -8.95. The third-order valence-electron chi connectivity index (χ3n) is 3.70. The first-order chi connectivity index (χ1) is 10.0. The molecule has 0 aromatic heterocycles. The number of rotatable bonds is 1. The molecule has 122 valence electrons. The molecule has 0 bridgehead atoms. The van der Waals surface area contributed by atoms with Crippen LogP contribution in [0.1, 0.15) is 41.3 Å². The van der Waals surface area contributed by atoms with Crippen molar-refractivity contribution in [2.75, 3.05) is 6.54 Å². The van der Waals surface area contributed by atoms with Gasteiger partial charge in [-0.05, 0) is 31.9 Å². The second kappa shape index (κ2) is 5.48. The molecule has 0 saturated carbocycles. The lowest BCUT2D eigenvalue weighted by molar-refractivity contribution is -0.143. The number of benzene rings is 1. The van der Waals surface area contributed by atoms with Gasteiger partial charge >= 0.3 is 12.4 Å². The van der Waals surface area contributed by atoms with Crippen molar-refractivity contribution in [2.45, 2.75) is 38.2 Å². The molecule has 1 aliphatic heterocycles. The number of hydrogen-bond donors (Lipinski definition) is 0. The molecule has 1 aromatic rings. The Morgan fingerprint density at radius 2 is 1.59 bits per heavy atom. The Morgan fingerprint density at radius 1 is 1.09 bits per heavy atom. The molecule has 0 N–H and O–H groups in total. The summed E-state index contributed by atoms with van der Waals surface area (Å²) in [6.45, 7) is 1.76. The first-order valence-electron chi connectivity index (χ1n) is 6.62. The molecule has 1 fully saturated rings. The highest BCUT2D eigenvalue weighted by molar-refractivity contribution is 5.98. The first kappa shape index (κ1) is 16.6. The summed E-state index contributed by atoms with van der Waals surface area (Å²) in [6, 6.07) is 1.29. The Morgan fingerprint density at radius 3 is 1.95 bits per heavy atom. The molecule has 0 radical (unpaired) electrons. The lowest BCUT2D eigenvalue weighted by Crippen LogP contribution is -2.36. The van der Waals surface area contributed by atoms with Crippen molar-refractivity contribution >= 4 is 5.91 Å². The van der Waals surface area contributed by atoms with Gasteiger partial charge in [-0.25, -0.2) is 0 Å². The van der Waals surface area contributed by atoms with Gasteiger partial charge in [-0.1, -0.05) is 6.07 Å². The number of carbonyl (C=O) groups excluding carboxylic acids is 1. The monoisotopic (exact) mass is 325 g/mol. The Kier molecular flexibility index (Phi) is 4.14. The number of carbonyl (C=O) groups is 1. The van der Waals surface area contributed by atoms with Crippen LogP contribution >= 0.6 is 0 Å². The lowest BCUT2D eigenvalue weighted by atomic mass is 9.98. The standard InChI is InChI=1S/C14H13F6NO/c1-8-4-3-7-21(8)12(22)11-9(13(15,16)17)5-2-6-10(11)14(18,19)20/h2,5-6,8H,3-4,7H2,1H3. The molecule has 22 heavy (non-hydrogen) atoms. The van der Waals surface area contributed by atoms with Gasteiger partial charge in [0, 0.05) is 12.6 Å². The first-order valence-corrected chi connectivity index (χ1v) is 6.62. The van der Waals surface area contributed by atoms with E-state index in [1.54, 1.807) is 6.92 Å². The highest BCUT2D eigenvalue weighted by Crippen LogP contribution is 2.40. The van der Waals surface area contributed by atoms with Crippen LogP contribution in [0.4, 0.5) is 26.3 Å². The normalized spacial score (nSPS) is 19.6. The Balaban J connectivity index is 2.62. The number of halogens is 6. The summed E-state index contributed by atoms with van der Waals surface area (Å²) in [5, 5.41) is 0. The lowest BCUT2D eigenvalue weighted by Gasteiger charge is -2.25. The zero-order chi connectivity index (χ0) is 16.7. The fraction of sp³-hybridized carbons (Fsp3) is 0.500. The number of alkyl halides is 6. The van der Waals surface area contributed by atoms with Gasteiger partial charge in [0.1, 0.15) is 0 Å². The smallest absolute Gasteiger partial charge is 0.336 e. The van der Waals surface area contributed by atoms with Crippen molar-refractivity contribution < 1.29 is 31.1 Å². The van der Waals surface area contributed by atoms with Crippen molar-refractivity contribution in [3.63, 3.8) is 0 Å². The van der Waals surface area contributed by atoms with Gasteiger partial charge < -0.3 is 4.90 Å². The number of likely N-dealkylation sites (tertiary alicyclic amines) is 1. The maximum atomic E-state index is 13.0. The van der Waals surface area contributed by atoms with Crippen molar-refractivity contribution in [2.24, 2.45) is 0 Å². The van der Waals surface area contributed by atoms with Crippen LogP contribution < -0.4 is 0 Å². The molecule has 1 aromatic carbocycles. The Bertz CT molecular complexity index is 545. The molecular weight excluding hydrogens is 312 g/mol. The van der Waals surface area contributed by atoms with Crippen molar-refractivity contribution in [1.29, 1.82) is 0 Å². The predicted molar refractivity (Wildman–Crippen MR) is 66.2 cm³/mol. The van der Waals surface area contributed by atoms with Crippen LogP contribution in [0.15, 0.2) is 18.2 Å². The molecule has 1 amide bonds. The van der Waals surface area contributed by atoms with Gasteiger partial charge in [0.15, 0.2) is 0 Å². The minimum atomic E-state index is -5.03. The minimum Gasteiger partial charge on any atom is -0.336 e. The zero-order valence-corrected chi connectivity index (χ0v) is 11.6. The number of hydrogen-bond acceptors (Lipinski definition) is 1. The van der Waals surface area contributed by atoms with Crippen molar-refractivity contribution in [3.05, 3.63) is 34.9 Å². The number of nitrogens with zero attached hydrogens (tertiary/aromatic N) is 1. The molecule has 1 saturated heterocycles. The molecule has 8 heteroatoms. The van der Waals surface area contributed by atoms with Crippen LogP contribution in [0.5, 0.6) is 0 Å². The van der Waals surface area contributed by atoms with E-state index in [0.29, 0.717) is 31.0 Å². The topological polar surface area (TPSA) is 20.3 Å². The Hall–Kier alpha value is -1.73. The van der Waals surface area contributed by atoms with Gasteiger partial charge in [0.2, 0.25) is 0 Å². The highest BCUT2D eigenvalue weighted by atomic mass is 19.4. The van der Waals surface area contributed by atoms with E-state index in [1.807, 2.05) is 0 Å². The van der Waals surface area contributed by atoms with Crippen LogP contribution in [0.25, 0.3) is 0 Å². The molecule has 2 rings (SSSR count). The minimum absolute atomic E-state index is 0.156. The average Bonchev–Trinajstić information content (AvgIpc) is 2.81. The van der Waals surface area contributed by atoms with Crippen LogP contribution in [0.3, 0.4) is 0 Å². The average molecular weight is 325 g/mol. The SMILES string of the molecule is CC1CCCN1C(=O)c1c(C(F)(F)F)cccc1C(F)(F)F. The fourth-order valence-electron chi connectivity index (χ4n) is 2.63. The quantitative estimate of drug-likeness (QED) is 0.703. The largest absolute Gasteiger partial charge is 0.417 e. The third kappa shape index (κ3) is 3.05. The second-order valence-corrected chi connectivity index (χ2v) is 5.21. The van der Waals surface area contributed by atoms with E-state index in [1.165, 1.54) is 0 Å². The van der Waals surface area contributed by atoms with Crippen LogP contribution in [-0.2, 0) is 12.4 Å². The third-order valence-corrected chi connectivity index (χ3v) is 3.70. The van der Waals surface area contributed by atoms with Crippen LogP contribution in [0.2, 0.25) is 0 Å². The molecule has 1 heterocycles. The summed E-state index contributed by atoms with van der Waals surface area (Å²) >= 11 is 0. The van der Waals surface area contributed by atoms with E-state index in [-0.39, 0.29) is 12.6 Å². The maximum absolute atomic E-state index is 13.0. The summed E-state index contributed by atoms with van der Waals surface area (Å²) in [7, 11) is 0. The molecule has 0 spiro atoms. The van der Waals surface area contributed by atoms with Crippen molar-refractivity contribution in [1.82, 2.24) is 4.90 Å². The number of amides is 1. The summed E-state index contributed by atoms with van der Waals surface area (Å²) < 4.78 is 78.1. The van der Waals surface area contributed by atoms with Gasteiger partial charge in [-0.15, -0.1) is 0 Å². The van der Waals surface area contributed by atoms with Crippen LogP contribution in [-0.4, -0.2) is 23.4 Å². The second-order valence-electron chi connectivity index (χ2n) is 5.21. The Labute approximate surface area is 122 Å². The summed E-state index contributed by atoms with van der Waals surface area (Å²) in [5.74, 6) is -1.22. The highest BCUT2D eigenvalue weighted by Gasteiger charge is 2.44. The summed E-state index contributed by atoms with van der Waals surface area (Å²) in [4.78, 5) is 13.4. The van der Waals surface area contributed by atoms with E-state index in [9.17, 15) is 31.1 Å². The maximum Gasteiger partial charge on any atom is 0.417 e. The molecule has 2 nitrogen and oxygen atoms in total. The van der Waals surface area contributed by atoms with Gasteiger partial charge in [0.25, 0.3) is 5.91 Å². The van der Waals surface area contributed by atoms with Gasteiger partial charge in [0.05, 0.1) is 16.7 Å². The van der Waals surface area contributed by atoms with E-state index in [4.69, 9.17) is 0 Å². The van der Waals surface area contributed by atoms with E-state index >= 15 is 0 Å². The molecule has 1 atom stereocenters. The molecular formula is C14H13F6NO. The predicted octanol–water partition coefficient (Wildman–Crippen LogP) is 4.35. The summed E-state index contributed by atoms with van der Waals surface area (Å²) in [5.41, 5.74) is -4.41. The van der Waals surface area contributed by atoms with Gasteiger partial charge in [-0.3, -0.25) is 4.79 Å². The molecule has 1 aliphatic rings. The van der Waals surface area contributed by atoms with E-state index < -0.39 is 35.0 Å².